The summed E-state index contributed by atoms with van der Waals surface area (Å²) in [5.41, 5.74) is 2.67. The second-order valence-corrected chi connectivity index (χ2v) is 4.46. The van der Waals surface area contributed by atoms with Gasteiger partial charge in [-0.05, 0) is 37.0 Å². The van der Waals surface area contributed by atoms with Crippen LogP contribution in [0.3, 0.4) is 0 Å². The van der Waals surface area contributed by atoms with Crippen molar-refractivity contribution in [2.24, 2.45) is 0 Å². The van der Waals surface area contributed by atoms with Gasteiger partial charge < -0.3 is 5.11 Å². The van der Waals surface area contributed by atoms with Crippen molar-refractivity contribution < 1.29 is 10.0 Å². The van der Waals surface area contributed by atoms with Gasteiger partial charge in [0, 0.05) is 11.6 Å². The Balaban J connectivity index is 2.22. The first-order valence-electron chi connectivity index (χ1n) is 6.09. The highest BCUT2D eigenvalue weighted by Crippen LogP contribution is 2.25. The van der Waals surface area contributed by atoms with Crippen molar-refractivity contribution in [3.8, 4) is 5.75 Å². The van der Waals surface area contributed by atoms with Crippen LogP contribution < -0.4 is 0 Å². The third-order valence-corrected chi connectivity index (χ3v) is 3.22. The number of rotatable bonds is 4. The van der Waals surface area contributed by atoms with Crippen molar-refractivity contribution in [3.63, 3.8) is 0 Å². The Morgan fingerprint density at radius 3 is 2.53 bits per heavy atom. The molecule has 0 aliphatic rings. The van der Waals surface area contributed by atoms with E-state index in [1.807, 2.05) is 13.0 Å². The van der Waals surface area contributed by atoms with E-state index in [9.17, 15) is 15.2 Å². The molecule has 2 rings (SSSR count). The number of aryl methyl sites for hydroxylation is 2. The van der Waals surface area contributed by atoms with Crippen LogP contribution in [0.2, 0.25) is 0 Å². The van der Waals surface area contributed by atoms with Gasteiger partial charge in [0.2, 0.25) is 0 Å². The number of para-hydroxylation sites is 1. The number of nitrogens with zero attached hydrogens (tertiary/aromatic N) is 1. The molecular weight excluding hydrogens is 242 g/mol. The highest BCUT2D eigenvalue weighted by molar-refractivity contribution is 5.43. The molecule has 0 fully saturated rings. The number of benzene rings is 2. The molecular formula is C15H15NO3. The summed E-state index contributed by atoms with van der Waals surface area (Å²) in [5.74, 6) is 0.249. The Labute approximate surface area is 111 Å². The highest BCUT2D eigenvalue weighted by Gasteiger charge is 2.13. The van der Waals surface area contributed by atoms with Crippen molar-refractivity contribution in [3.05, 3.63) is 69.3 Å². The molecule has 0 aliphatic carbocycles. The lowest BCUT2D eigenvalue weighted by Crippen LogP contribution is -1.99. The molecule has 0 heterocycles. The first-order chi connectivity index (χ1) is 9.09. The van der Waals surface area contributed by atoms with Gasteiger partial charge in [-0.3, -0.25) is 10.1 Å². The SMILES string of the molecule is Cc1cccc(O)c1CCc1ccccc1[N+](=O)[O-]. The Kier molecular flexibility index (Phi) is 3.80. The molecule has 0 radical (unpaired) electrons. The van der Waals surface area contributed by atoms with Gasteiger partial charge in [0.05, 0.1) is 4.92 Å². The minimum Gasteiger partial charge on any atom is -0.508 e. The zero-order valence-electron chi connectivity index (χ0n) is 10.7. The molecule has 98 valence electrons. The first kappa shape index (κ1) is 13.1. The second-order valence-electron chi connectivity index (χ2n) is 4.46. The molecule has 0 aliphatic heterocycles. The maximum atomic E-state index is 10.9. The molecule has 0 bridgehead atoms. The van der Waals surface area contributed by atoms with E-state index in [1.54, 1.807) is 30.3 Å². The van der Waals surface area contributed by atoms with E-state index in [2.05, 4.69) is 0 Å². The number of phenols is 1. The third-order valence-electron chi connectivity index (χ3n) is 3.22. The van der Waals surface area contributed by atoms with Crippen LogP contribution in [0, 0.1) is 17.0 Å². The van der Waals surface area contributed by atoms with Crippen LogP contribution in [-0.4, -0.2) is 10.0 Å². The van der Waals surface area contributed by atoms with Gasteiger partial charge in [0.1, 0.15) is 5.75 Å². The highest BCUT2D eigenvalue weighted by atomic mass is 16.6. The topological polar surface area (TPSA) is 63.4 Å². The lowest BCUT2D eigenvalue weighted by atomic mass is 9.99. The van der Waals surface area contributed by atoms with Crippen LogP contribution in [0.5, 0.6) is 5.75 Å². The van der Waals surface area contributed by atoms with Gasteiger partial charge >= 0.3 is 0 Å². The van der Waals surface area contributed by atoms with Crippen LogP contribution in [-0.2, 0) is 12.8 Å². The minimum atomic E-state index is -0.368. The van der Waals surface area contributed by atoms with E-state index in [0.29, 0.717) is 18.4 Å². The summed E-state index contributed by atoms with van der Waals surface area (Å²) in [6, 6.07) is 12.1. The van der Waals surface area contributed by atoms with E-state index in [-0.39, 0.29) is 16.4 Å². The normalized spacial score (nSPS) is 10.4. The van der Waals surface area contributed by atoms with E-state index < -0.39 is 0 Å². The second kappa shape index (κ2) is 5.52. The number of aromatic hydroxyl groups is 1. The average Bonchev–Trinajstić information content (AvgIpc) is 2.38. The fraction of sp³-hybridized carbons (Fsp3) is 0.200. The third kappa shape index (κ3) is 2.91. The molecule has 2 aromatic rings. The molecule has 0 aromatic heterocycles. The van der Waals surface area contributed by atoms with Gasteiger partial charge in [0.15, 0.2) is 0 Å². The largest absolute Gasteiger partial charge is 0.508 e. The van der Waals surface area contributed by atoms with Gasteiger partial charge in [-0.15, -0.1) is 0 Å². The lowest BCUT2D eigenvalue weighted by molar-refractivity contribution is -0.385. The van der Waals surface area contributed by atoms with Crippen molar-refractivity contribution in [1.82, 2.24) is 0 Å². The lowest BCUT2D eigenvalue weighted by Gasteiger charge is -2.08. The molecule has 0 unspecified atom stereocenters. The van der Waals surface area contributed by atoms with E-state index in [0.717, 1.165) is 11.1 Å². The molecule has 1 N–H and O–H groups in total. The summed E-state index contributed by atoms with van der Waals surface area (Å²) in [6.45, 7) is 1.93. The van der Waals surface area contributed by atoms with Crippen LogP contribution in [0.15, 0.2) is 42.5 Å². The van der Waals surface area contributed by atoms with Gasteiger partial charge in [-0.1, -0.05) is 30.3 Å². The van der Waals surface area contributed by atoms with Gasteiger partial charge in [0.25, 0.3) is 5.69 Å². The molecule has 0 amide bonds. The summed E-state index contributed by atoms with van der Waals surface area (Å²) in [7, 11) is 0. The van der Waals surface area contributed by atoms with Gasteiger partial charge in [-0.25, -0.2) is 0 Å². The fourth-order valence-corrected chi connectivity index (χ4v) is 2.17. The standard InChI is InChI=1S/C15H15NO3/c1-11-5-4-8-15(17)13(11)10-9-12-6-2-3-7-14(12)16(18)19/h2-8,17H,9-10H2,1H3. The van der Waals surface area contributed by atoms with Crippen molar-refractivity contribution in [1.29, 1.82) is 0 Å². The number of nitro benzene ring substituents is 1. The fourth-order valence-electron chi connectivity index (χ4n) is 2.17. The van der Waals surface area contributed by atoms with Gasteiger partial charge in [-0.2, -0.15) is 0 Å². The maximum absolute atomic E-state index is 10.9. The van der Waals surface area contributed by atoms with Crippen molar-refractivity contribution in [2.45, 2.75) is 19.8 Å². The Morgan fingerprint density at radius 2 is 1.84 bits per heavy atom. The summed E-state index contributed by atoms with van der Waals surface area (Å²) in [6.07, 6.45) is 1.12. The quantitative estimate of drug-likeness (QED) is 0.674. The molecule has 0 spiro atoms. The Morgan fingerprint density at radius 1 is 1.11 bits per heavy atom. The number of hydrogen-bond acceptors (Lipinski definition) is 3. The Hall–Kier alpha value is -2.36. The predicted octanol–water partition coefficient (Wildman–Crippen LogP) is 3.39. The predicted molar refractivity (Wildman–Crippen MR) is 73.3 cm³/mol. The number of nitro groups is 1. The number of hydrogen-bond donors (Lipinski definition) is 1. The maximum Gasteiger partial charge on any atom is 0.272 e. The molecule has 2 aromatic carbocycles. The zero-order chi connectivity index (χ0) is 13.8. The van der Waals surface area contributed by atoms with E-state index in [4.69, 9.17) is 0 Å². The summed E-state index contributed by atoms with van der Waals surface area (Å²) < 4.78 is 0. The molecule has 0 saturated carbocycles. The van der Waals surface area contributed by atoms with Crippen LogP contribution in [0.25, 0.3) is 0 Å². The minimum absolute atomic E-state index is 0.135. The average molecular weight is 257 g/mol. The molecule has 4 heteroatoms. The Bertz CT molecular complexity index is 588. The molecule has 0 saturated heterocycles. The molecule has 0 atom stereocenters. The monoisotopic (exact) mass is 257 g/mol. The van der Waals surface area contributed by atoms with Crippen molar-refractivity contribution >= 4 is 5.69 Å². The summed E-state index contributed by atoms with van der Waals surface area (Å²) in [5, 5.41) is 20.7. The van der Waals surface area contributed by atoms with Crippen LogP contribution in [0.1, 0.15) is 16.7 Å². The smallest absolute Gasteiger partial charge is 0.272 e. The van der Waals surface area contributed by atoms with E-state index >= 15 is 0 Å². The molecule has 4 nitrogen and oxygen atoms in total. The van der Waals surface area contributed by atoms with Crippen LogP contribution in [0.4, 0.5) is 5.69 Å². The van der Waals surface area contributed by atoms with Crippen LogP contribution >= 0.6 is 0 Å². The van der Waals surface area contributed by atoms with Crippen molar-refractivity contribution in [2.75, 3.05) is 0 Å². The van der Waals surface area contributed by atoms with E-state index in [1.165, 1.54) is 6.07 Å². The first-order valence-corrected chi connectivity index (χ1v) is 6.09. The number of phenolic OH excluding ortho intramolecular Hbond substituents is 1. The summed E-state index contributed by atoms with van der Waals surface area (Å²) >= 11 is 0. The summed E-state index contributed by atoms with van der Waals surface area (Å²) in [4.78, 5) is 10.6. The zero-order valence-corrected chi connectivity index (χ0v) is 10.7. The molecule has 19 heavy (non-hydrogen) atoms.